The molecule has 0 radical (unpaired) electrons. The first-order valence-corrected chi connectivity index (χ1v) is 7.72. The molecule has 5 nitrogen and oxygen atoms in total. The van der Waals surface area contributed by atoms with Crippen LogP contribution >= 0.6 is 0 Å². The minimum Gasteiger partial charge on any atom is -0.481 e. The number of aliphatic carboxylic acids is 1. The third-order valence-electron chi connectivity index (χ3n) is 4.84. The number of likely N-dealkylation sites (tertiary alicyclic amines) is 1. The molecular weight excluding hydrogens is 256 g/mol. The van der Waals surface area contributed by atoms with Crippen molar-refractivity contribution in [3.8, 4) is 0 Å². The molecule has 0 aromatic heterocycles. The van der Waals surface area contributed by atoms with Crippen molar-refractivity contribution in [2.45, 2.75) is 45.8 Å². The molecule has 1 unspecified atom stereocenters. The average Bonchev–Trinajstić information content (AvgIpc) is 2.42. The van der Waals surface area contributed by atoms with E-state index in [1.165, 1.54) is 0 Å². The van der Waals surface area contributed by atoms with Crippen LogP contribution in [0.5, 0.6) is 0 Å². The Morgan fingerprint density at radius 1 is 1.35 bits per heavy atom. The number of ether oxygens (including phenoxy) is 1. The van der Waals surface area contributed by atoms with Gasteiger partial charge in [0, 0.05) is 25.7 Å². The van der Waals surface area contributed by atoms with E-state index < -0.39 is 11.4 Å². The van der Waals surface area contributed by atoms with E-state index in [2.05, 4.69) is 23.6 Å². The Labute approximate surface area is 121 Å². The van der Waals surface area contributed by atoms with Crippen molar-refractivity contribution < 1.29 is 14.6 Å². The van der Waals surface area contributed by atoms with Crippen molar-refractivity contribution in [1.29, 1.82) is 0 Å². The van der Waals surface area contributed by atoms with E-state index in [1.54, 1.807) is 0 Å². The predicted octanol–water partition coefficient (Wildman–Crippen LogP) is 1.28. The van der Waals surface area contributed by atoms with Crippen LogP contribution in [0.3, 0.4) is 0 Å². The molecule has 1 N–H and O–H groups in total. The molecule has 2 saturated heterocycles. The Morgan fingerprint density at radius 2 is 2.00 bits per heavy atom. The van der Waals surface area contributed by atoms with Gasteiger partial charge in [-0.15, -0.1) is 0 Å². The van der Waals surface area contributed by atoms with Gasteiger partial charge in [-0.05, 0) is 46.7 Å². The molecule has 0 aliphatic carbocycles. The van der Waals surface area contributed by atoms with Crippen LogP contribution in [0.4, 0.5) is 0 Å². The molecule has 0 saturated carbocycles. The lowest BCUT2D eigenvalue weighted by Crippen LogP contribution is -2.52. The molecule has 0 aromatic carbocycles. The summed E-state index contributed by atoms with van der Waals surface area (Å²) in [6, 6.07) is 0.568. The molecule has 0 aromatic rings. The summed E-state index contributed by atoms with van der Waals surface area (Å²) in [5.74, 6) is -0.656. The fourth-order valence-electron chi connectivity index (χ4n) is 3.05. The van der Waals surface area contributed by atoms with E-state index in [0.717, 1.165) is 52.2 Å². The van der Waals surface area contributed by atoms with Crippen LogP contribution in [0.25, 0.3) is 0 Å². The maximum absolute atomic E-state index is 11.2. The van der Waals surface area contributed by atoms with Crippen molar-refractivity contribution in [1.82, 2.24) is 9.80 Å². The maximum atomic E-state index is 11.2. The molecule has 116 valence electrons. The minimum absolute atomic E-state index is 0.264. The summed E-state index contributed by atoms with van der Waals surface area (Å²) in [5.41, 5.74) is -0.534. The van der Waals surface area contributed by atoms with Crippen molar-refractivity contribution in [2.75, 3.05) is 39.3 Å². The molecule has 1 atom stereocenters. The standard InChI is InChI=1S/C15H28N2O3/c1-12(2)17-8-9-20-13(11-17)10-16-6-4-15(3,5-7-16)14(18)19/h12-13H,4-11H2,1-3H3,(H,18,19). The Hall–Kier alpha value is -0.650. The van der Waals surface area contributed by atoms with Crippen LogP contribution < -0.4 is 0 Å². The molecule has 0 bridgehead atoms. The summed E-state index contributed by atoms with van der Waals surface area (Å²) in [4.78, 5) is 16.1. The van der Waals surface area contributed by atoms with Gasteiger partial charge < -0.3 is 14.7 Å². The molecule has 2 aliphatic rings. The Balaban J connectivity index is 1.79. The number of nitrogens with zero attached hydrogens (tertiary/aromatic N) is 2. The third-order valence-corrected chi connectivity index (χ3v) is 4.84. The number of hydrogen-bond acceptors (Lipinski definition) is 4. The molecule has 2 rings (SSSR count). The zero-order chi connectivity index (χ0) is 14.8. The monoisotopic (exact) mass is 284 g/mol. The average molecular weight is 284 g/mol. The highest BCUT2D eigenvalue weighted by atomic mass is 16.5. The van der Waals surface area contributed by atoms with Gasteiger partial charge in [-0.3, -0.25) is 9.69 Å². The van der Waals surface area contributed by atoms with Crippen molar-refractivity contribution in [3.05, 3.63) is 0 Å². The van der Waals surface area contributed by atoms with Gasteiger partial charge in [-0.25, -0.2) is 0 Å². The zero-order valence-corrected chi connectivity index (χ0v) is 13.0. The number of piperidine rings is 1. The van der Waals surface area contributed by atoms with Crippen LogP contribution in [-0.4, -0.2) is 72.4 Å². The van der Waals surface area contributed by atoms with E-state index in [1.807, 2.05) is 6.92 Å². The molecule has 2 aliphatic heterocycles. The first-order valence-electron chi connectivity index (χ1n) is 7.72. The summed E-state index contributed by atoms with van der Waals surface area (Å²) in [5, 5.41) is 9.25. The van der Waals surface area contributed by atoms with Gasteiger partial charge in [0.15, 0.2) is 0 Å². The van der Waals surface area contributed by atoms with Crippen LogP contribution in [0.15, 0.2) is 0 Å². The minimum atomic E-state index is -0.656. The fourth-order valence-corrected chi connectivity index (χ4v) is 3.05. The smallest absolute Gasteiger partial charge is 0.309 e. The van der Waals surface area contributed by atoms with Crippen LogP contribution in [-0.2, 0) is 9.53 Å². The number of rotatable bonds is 4. The quantitative estimate of drug-likeness (QED) is 0.843. The van der Waals surface area contributed by atoms with Gasteiger partial charge in [-0.1, -0.05) is 0 Å². The Morgan fingerprint density at radius 3 is 2.55 bits per heavy atom. The SMILES string of the molecule is CC(C)N1CCOC(CN2CCC(C)(C(=O)O)CC2)C1. The van der Waals surface area contributed by atoms with Crippen LogP contribution in [0.2, 0.25) is 0 Å². The Kier molecular flexibility index (Phi) is 5.04. The lowest BCUT2D eigenvalue weighted by molar-refractivity contribution is -0.151. The second-order valence-corrected chi connectivity index (χ2v) is 6.75. The van der Waals surface area contributed by atoms with E-state index >= 15 is 0 Å². The summed E-state index contributed by atoms with van der Waals surface area (Å²) < 4.78 is 5.86. The van der Waals surface area contributed by atoms with Gasteiger partial charge >= 0.3 is 5.97 Å². The van der Waals surface area contributed by atoms with Crippen molar-refractivity contribution in [3.63, 3.8) is 0 Å². The molecule has 2 fully saturated rings. The van der Waals surface area contributed by atoms with Gasteiger partial charge in [-0.2, -0.15) is 0 Å². The normalized spacial score (nSPS) is 28.7. The predicted molar refractivity (Wildman–Crippen MR) is 77.9 cm³/mol. The number of carboxylic acid groups (broad SMARTS) is 1. The second-order valence-electron chi connectivity index (χ2n) is 6.75. The van der Waals surface area contributed by atoms with Gasteiger partial charge in [0.2, 0.25) is 0 Å². The molecular formula is C15H28N2O3. The number of hydrogen-bond donors (Lipinski definition) is 1. The van der Waals surface area contributed by atoms with Crippen LogP contribution in [0.1, 0.15) is 33.6 Å². The third kappa shape index (κ3) is 3.71. The van der Waals surface area contributed by atoms with Crippen molar-refractivity contribution in [2.24, 2.45) is 5.41 Å². The van der Waals surface area contributed by atoms with Gasteiger partial charge in [0.25, 0.3) is 0 Å². The fraction of sp³-hybridized carbons (Fsp3) is 0.933. The first-order chi connectivity index (χ1) is 9.40. The van der Waals surface area contributed by atoms with Gasteiger partial charge in [0.05, 0.1) is 18.1 Å². The number of carboxylic acids is 1. The summed E-state index contributed by atoms with van der Waals surface area (Å²) in [6.07, 6.45) is 1.74. The van der Waals surface area contributed by atoms with E-state index in [0.29, 0.717) is 6.04 Å². The lowest BCUT2D eigenvalue weighted by Gasteiger charge is -2.41. The first kappa shape index (κ1) is 15.7. The highest BCUT2D eigenvalue weighted by molar-refractivity contribution is 5.74. The highest BCUT2D eigenvalue weighted by Crippen LogP contribution is 2.31. The molecule has 0 amide bonds. The number of carbonyl (C=O) groups is 1. The lowest BCUT2D eigenvalue weighted by atomic mass is 9.80. The molecule has 2 heterocycles. The topological polar surface area (TPSA) is 53.0 Å². The molecule has 5 heteroatoms. The largest absolute Gasteiger partial charge is 0.481 e. The molecule has 0 spiro atoms. The van der Waals surface area contributed by atoms with Gasteiger partial charge in [0.1, 0.15) is 0 Å². The van der Waals surface area contributed by atoms with Crippen LogP contribution in [0, 0.1) is 5.41 Å². The number of morpholine rings is 1. The Bertz CT molecular complexity index is 338. The highest BCUT2D eigenvalue weighted by Gasteiger charge is 2.37. The summed E-state index contributed by atoms with van der Waals surface area (Å²) in [6.45, 7) is 11.8. The van der Waals surface area contributed by atoms with E-state index in [-0.39, 0.29) is 6.10 Å². The van der Waals surface area contributed by atoms with E-state index in [4.69, 9.17) is 4.74 Å². The van der Waals surface area contributed by atoms with E-state index in [9.17, 15) is 9.90 Å². The summed E-state index contributed by atoms with van der Waals surface area (Å²) in [7, 11) is 0. The second kappa shape index (κ2) is 6.41. The van der Waals surface area contributed by atoms with Crippen molar-refractivity contribution >= 4 is 5.97 Å². The maximum Gasteiger partial charge on any atom is 0.309 e. The zero-order valence-electron chi connectivity index (χ0n) is 13.0. The molecule has 20 heavy (non-hydrogen) atoms. The summed E-state index contributed by atoms with van der Waals surface area (Å²) >= 11 is 0.